The predicted octanol–water partition coefficient (Wildman–Crippen LogP) is 0.724. The van der Waals surface area contributed by atoms with E-state index in [1.165, 1.54) is 6.20 Å². The van der Waals surface area contributed by atoms with E-state index < -0.39 is 0 Å². The summed E-state index contributed by atoms with van der Waals surface area (Å²) in [5.74, 6) is 5.12. The third-order valence-corrected chi connectivity index (χ3v) is 3.38. The van der Waals surface area contributed by atoms with Gasteiger partial charge in [-0.05, 0) is 25.8 Å². The average molecular weight is 274 g/mol. The minimum Gasteiger partial charge on any atom is -0.384 e. The minimum atomic E-state index is -0.250. The molecule has 0 atom stereocenters. The predicted molar refractivity (Wildman–Crippen MR) is 74.1 cm³/mol. The number of aliphatic hydroxyl groups is 1. The zero-order valence-electron chi connectivity index (χ0n) is 11.5. The van der Waals surface area contributed by atoms with Crippen LogP contribution in [0.3, 0.4) is 0 Å². The maximum atomic E-state index is 12.4. The van der Waals surface area contributed by atoms with Gasteiger partial charge in [0.2, 0.25) is 0 Å². The van der Waals surface area contributed by atoms with Crippen molar-refractivity contribution in [1.29, 1.82) is 0 Å². The van der Waals surface area contributed by atoms with Crippen molar-refractivity contribution in [1.82, 2.24) is 10.3 Å². The number of nitrogens with zero attached hydrogens (tertiary/aromatic N) is 1. The van der Waals surface area contributed by atoms with Crippen molar-refractivity contribution in [2.75, 3.05) is 19.8 Å². The number of carbonyl (C=O) groups is 1. The smallest absolute Gasteiger partial charge is 0.253 e. The molecule has 106 valence electrons. The Morgan fingerprint density at radius 3 is 3.00 bits per heavy atom. The molecule has 1 amide bonds. The fourth-order valence-corrected chi connectivity index (χ4v) is 2.12. The number of hydrogen-bond acceptors (Lipinski definition) is 4. The third-order valence-electron chi connectivity index (χ3n) is 3.38. The van der Waals surface area contributed by atoms with E-state index in [0.29, 0.717) is 24.3 Å². The number of amides is 1. The zero-order chi connectivity index (χ0) is 14.4. The molecule has 1 fully saturated rings. The quantitative estimate of drug-likeness (QED) is 0.780. The fraction of sp³-hybridized carbons (Fsp3) is 0.467. The molecule has 0 radical (unpaired) electrons. The Labute approximate surface area is 118 Å². The highest BCUT2D eigenvalue weighted by atomic mass is 16.5. The number of rotatable bonds is 2. The second-order valence-corrected chi connectivity index (χ2v) is 5.01. The maximum absolute atomic E-state index is 12.4. The standard InChI is InChI=1S/C15H18N2O3/c1-15(5-9-20-10-6-15)17-14(19)13-4-7-16-11-12(13)3-2-8-18/h4,7,11,18H,5-6,8-10H2,1H3,(H,17,19). The van der Waals surface area contributed by atoms with Crippen LogP contribution in [0.15, 0.2) is 18.5 Å². The highest BCUT2D eigenvalue weighted by molar-refractivity contribution is 5.97. The molecule has 0 aliphatic carbocycles. The Morgan fingerprint density at radius 1 is 1.55 bits per heavy atom. The van der Waals surface area contributed by atoms with Gasteiger partial charge in [-0.2, -0.15) is 0 Å². The first kappa shape index (κ1) is 14.5. The normalized spacial score (nSPS) is 16.9. The molecule has 0 aromatic carbocycles. The lowest BCUT2D eigenvalue weighted by atomic mass is 9.92. The van der Waals surface area contributed by atoms with E-state index in [1.54, 1.807) is 12.3 Å². The van der Waals surface area contributed by atoms with Gasteiger partial charge in [-0.1, -0.05) is 11.8 Å². The summed E-state index contributed by atoms with van der Waals surface area (Å²) in [4.78, 5) is 16.4. The van der Waals surface area contributed by atoms with Crippen LogP contribution in [0.1, 0.15) is 35.7 Å². The van der Waals surface area contributed by atoms with Crippen LogP contribution in [0.2, 0.25) is 0 Å². The van der Waals surface area contributed by atoms with Gasteiger partial charge in [-0.25, -0.2) is 0 Å². The minimum absolute atomic E-state index is 0.168. The van der Waals surface area contributed by atoms with E-state index in [2.05, 4.69) is 22.1 Å². The van der Waals surface area contributed by atoms with Gasteiger partial charge in [-0.15, -0.1) is 0 Å². The number of carbonyl (C=O) groups excluding carboxylic acids is 1. The number of ether oxygens (including phenoxy) is 1. The molecule has 1 saturated heterocycles. The van der Waals surface area contributed by atoms with Crippen LogP contribution in [0.5, 0.6) is 0 Å². The van der Waals surface area contributed by atoms with Crippen LogP contribution in [-0.4, -0.2) is 41.4 Å². The van der Waals surface area contributed by atoms with Gasteiger partial charge in [0.05, 0.1) is 11.1 Å². The first-order valence-corrected chi connectivity index (χ1v) is 6.59. The molecule has 1 aliphatic heterocycles. The van der Waals surface area contributed by atoms with Crippen molar-refractivity contribution >= 4 is 5.91 Å². The lowest BCUT2D eigenvalue weighted by Gasteiger charge is -2.34. The summed E-state index contributed by atoms with van der Waals surface area (Å²) in [6, 6.07) is 1.64. The van der Waals surface area contributed by atoms with Gasteiger partial charge in [0.25, 0.3) is 5.91 Å². The summed E-state index contributed by atoms with van der Waals surface area (Å²) in [7, 11) is 0. The summed E-state index contributed by atoms with van der Waals surface area (Å²) in [5, 5.41) is 11.8. The molecule has 0 spiro atoms. The topological polar surface area (TPSA) is 71.5 Å². The molecule has 0 saturated carbocycles. The van der Waals surface area contributed by atoms with Crippen LogP contribution < -0.4 is 5.32 Å². The third kappa shape index (κ3) is 3.56. The van der Waals surface area contributed by atoms with Crippen LogP contribution in [0.25, 0.3) is 0 Å². The van der Waals surface area contributed by atoms with Gasteiger partial charge < -0.3 is 15.2 Å². The largest absolute Gasteiger partial charge is 0.384 e. The van der Waals surface area contributed by atoms with Gasteiger partial charge >= 0.3 is 0 Å². The SMILES string of the molecule is CC1(NC(=O)c2ccncc2C#CCO)CCOCC1. The molecule has 5 heteroatoms. The maximum Gasteiger partial charge on any atom is 0.253 e. The Kier molecular flexibility index (Phi) is 4.72. The Balaban J connectivity index is 2.16. The molecule has 0 bridgehead atoms. The molecule has 2 heterocycles. The zero-order valence-corrected chi connectivity index (χ0v) is 11.5. The molecular formula is C15H18N2O3. The van der Waals surface area contributed by atoms with Gasteiger partial charge in [0.15, 0.2) is 0 Å². The van der Waals surface area contributed by atoms with Crippen LogP contribution in [0.4, 0.5) is 0 Å². The Morgan fingerprint density at radius 2 is 2.30 bits per heavy atom. The van der Waals surface area contributed by atoms with E-state index in [1.807, 2.05) is 6.92 Å². The molecule has 1 aliphatic rings. The molecule has 1 aromatic heterocycles. The fourth-order valence-electron chi connectivity index (χ4n) is 2.12. The highest BCUT2D eigenvalue weighted by Crippen LogP contribution is 2.20. The van der Waals surface area contributed by atoms with Crippen LogP contribution in [0, 0.1) is 11.8 Å². The van der Waals surface area contributed by atoms with Crippen molar-refractivity contribution in [3.63, 3.8) is 0 Å². The summed E-state index contributed by atoms with van der Waals surface area (Å²) < 4.78 is 5.32. The summed E-state index contributed by atoms with van der Waals surface area (Å²) in [6.07, 6.45) is 4.68. The lowest BCUT2D eigenvalue weighted by molar-refractivity contribution is 0.0423. The number of pyridine rings is 1. The number of aromatic nitrogens is 1. The van der Waals surface area contributed by atoms with Crippen LogP contribution >= 0.6 is 0 Å². The van der Waals surface area contributed by atoms with E-state index in [0.717, 1.165) is 12.8 Å². The number of aliphatic hydroxyl groups excluding tert-OH is 1. The Hall–Kier alpha value is -1.90. The van der Waals surface area contributed by atoms with Crippen molar-refractivity contribution in [3.8, 4) is 11.8 Å². The molecule has 1 aromatic rings. The van der Waals surface area contributed by atoms with Crippen molar-refractivity contribution in [2.45, 2.75) is 25.3 Å². The number of hydrogen-bond donors (Lipinski definition) is 2. The van der Waals surface area contributed by atoms with Gasteiger partial charge in [0, 0.05) is 31.1 Å². The van der Waals surface area contributed by atoms with Crippen LogP contribution in [-0.2, 0) is 4.74 Å². The van der Waals surface area contributed by atoms with E-state index in [9.17, 15) is 4.79 Å². The van der Waals surface area contributed by atoms with Crippen molar-refractivity contribution in [2.24, 2.45) is 0 Å². The second-order valence-electron chi connectivity index (χ2n) is 5.01. The summed E-state index contributed by atoms with van der Waals surface area (Å²) in [5.41, 5.74) is 0.753. The Bertz CT molecular complexity index is 540. The van der Waals surface area contributed by atoms with E-state index in [4.69, 9.17) is 9.84 Å². The second kappa shape index (κ2) is 6.51. The first-order chi connectivity index (χ1) is 9.64. The lowest BCUT2D eigenvalue weighted by Crippen LogP contribution is -2.49. The van der Waals surface area contributed by atoms with E-state index in [-0.39, 0.29) is 18.1 Å². The van der Waals surface area contributed by atoms with Crippen molar-refractivity contribution in [3.05, 3.63) is 29.6 Å². The molecule has 20 heavy (non-hydrogen) atoms. The van der Waals surface area contributed by atoms with E-state index >= 15 is 0 Å². The average Bonchev–Trinajstić information content (AvgIpc) is 2.45. The van der Waals surface area contributed by atoms with Crippen molar-refractivity contribution < 1.29 is 14.6 Å². The molecule has 5 nitrogen and oxygen atoms in total. The molecule has 2 N–H and O–H groups in total. The molecular weight excluding hydrogens is 256 g/mol. The monoisotopic (exact) mass is 274 g/mol. The van der Waals surface area contributed by atoms with Gasteiger partial charge in [-0.3, -0.25) is 9.78 Å². The highest BCUT2D eigenvalue weighted by Gasteiger charge is 2.29. The molecule has 2 rings (SSSR count). The summed E-state index contributed by atoms with van der Waals surface area (Å²) >= 11 is 0. The number of nitrogens with one attached hydrogen (secondary N) is 1. The molecule has 0 unspecified atom stereocenters. The van der Waals surface area contributed by atoms with Gasteiger partial charge in [0.1, 0.15) is 6.61 Å². The summed E-state index contributed by atoms with van der Waals surface area (Å²) in [6.45, 7) is 3.09. The first-order valence-electron chi connectivity index (χ1n) is 6.59.